The molecule has 0 spiro atoms. The van der Waals surface area contributed by atoms with Crippen LogP contribution in [-0.2, 0) is 11.3 Å². The first-order chi connectivity index (χ1) is 12.9. The van der Waals surface area contributed by atoms with Gasteiger partial charge in [0, 0.05) is 16.9 Å². The molecule has 5 nitrogen and oxygen atoms in total. The van der Waals surface area contributed by atoms with Gasteiger partial charge in [0.05, 0.1) is 7.11 Å². The van der Waals surface area contributed by atoms with E-state index >= 15 is 0 Å². The van der Waals surface area contributed by atoms with Gasteiger partial charge in [0.1, 0.15) is 17.2 Å². The van der Waals surface area contributed by atoms with E-state index in [-0.39, 0.29) is 21.9 Å². The van der Waals surface area contributed by atoms with Crippen molar-refractivity contribution in [3.63, 3.8) is 0 Å². The molecule has 2 amide bonds. The molecule has 2 aliphatic rings. The van der Waals surface area contributed by atoms with E-state index in [0.29, 0.717) is 12.1 Å². The van der Waals surface area contributed by atoms with Gasteiger partial charge in [-0.05, 0) is 43.2 Å². The number of carbonyl (C=O) groups is 2. The first kappa shape index (κ1) is 17.9. The highest BCUT2D eigenvalue weighted by molar-refractivity contribution is 8.01. The molecule has 1 saturated heterocycles. The Labute approximate surface area is 163 Å². The summed E-state index contributed by atoms with van der Waals surface area (Å²) in [5, 5.41) is 2.91. The van der Waals surface area contributed by atoms with E-state index < -0.39 is 6.04 Å². The second-order valence-corrected chi connectivity index (χ2v) is 9.08. The fraction of sp³-hybridized carbons (Fsp3) is 0.333. The van der Waals surface area contributed by atoms with E-state index in [9.17, 15) is 9.59 Å². The van der Waals surface area contributed by atoms with Crippen molar-refractivity contribution >= 4 is 23.6 Å². The third-order valence-electron chi connectivity index (χ3n) is 5.17. The van der Waals surface area contributed by atoms with Gasteiger partial charge in [-0.2, -0.15) is 0 Å². The number of methoxy groups -OCH3 is 1. The lowest BCUT2D eigenvalue weighted by atomic mass is 10.0. The SMILES string of the molecule is COc1ccc(CNC(=O)[C@@H]2N3C(=O)c4ccccc4[C@@H]3SC2(C)C)cc1. The number of rotatable bonds is 4. The van der Waals surface area contributed by atoms with Crippen LogP contribution in [0.15, 0.2) is 48.5 Å². The number of nitrogens with one attached hydrogen (secondary N) is 1. The predicted molar refractivity (Wildman–Crippen MR) is 106 cm³/mol. The molecular formula is C21H22N2O3S. The highest BCUT2D eigenvalue weighted by Gasteiger charge is 2.57. The molecule has 0 saturated carbocycles. The normalized spacial score (nSPS) is 22.3. The smallest absolute Gasteiger partial charge is 0.256 e. The minimum Gasteiger partial charge on any atom is -0.497 e. The number of nitrogens with zero attached hydrogens (tertiary/aromatic N) is 1. The third kappa shape index (κ3) is 2.98. The molecule has 0 aromatic heterocycles. The largest absolute Gasteiger partial charge is 0.497 e. The van der Waals surface area contributed by atoms with E-state index in [0.717, 1.165) is 16.9 Å². The second kappa shape index (κ2) is 6.60. The fourth-order valence-corrected chi connectivity index (χ4v) is 5.42. The van der Waals surface area contributed by atoms with Crippen LogP contribution in [0.3, 0.4) is 0 Å². The van der Waals surface area contributed by atoms with Crippen molar-refractivity contribution in [3.8, 4) is 5.75 Å². The molecule has 0 unspecified atom stereocenters. The molecule has 0 aliphatic carbocycles. The Kier molecular flexibility index (Phi) is 4.38. The number of thioether (sulfide) groups is 1. The minimum absolute atomic E-state index is 0.0572. The topological polar surface area (TPSA) is 58.6 Å². The summed E-state index contributed by atoms with van der Waals surface area (Å²) >= 11 is 1.68. The standard InChI is InChI=1S/C21H22N2O3S/c1-21(2)17(18(24)22-12-13-8-10-14(26-3)11-9-13)23-19(25)15-6-4-5-7-16(15)20(23)27-21/h4-11,17,20H,12H2,1-3H3,(H,22,24)/t17-,20-/m0/s1. The summed E-state index contributed by atoms with van der Waals surface area (Å²) in [5.41, 5.74) is 2.70. The Bertz CT molecular complexity index is 895. The van der Waals surface area contributed by atoms with Crippen molar-refractivity contribution in [2.24, 2.45) is 0 Å². The van der Waals surface area contributed by atoms with E-state index in [1.54, 1.807) is 23.8 Å². The Balaban J connectivity index is 1.53. The molecule has 4 rings (SSSR count). The number of fused-ring (bicyclic) bond motifs is 3. The number of amides is 2. The van der Waals surface area contributed by atoms with Crippen LogP contribution in [0.2, 0.25) is 0 Å². The van der Waals surface area contributed by atoms with Crippen LogP contribution in [0.4, 0.5) is 0 Å². The quantitative estimate of drug-likeness (QED) is 0.881. The molecule has 27 heavy (non-hydrogen) atoms. The first-order valence-corrected chi connectivity index (χ1v) is 9.80. The van der Waals surface area contributed by atoms with Gasteiger partial charge in [-0.25, -0.2) is 0 Å². The lowest BCUT2D eigenvalue weighted by Gasteiger charge is -2.29. The number of hydrogen-bond acceptors (Lipinski definition) is 4. The zero-order valence-electron chi connectivity index (χ0n) is 15.6. The van der Waals surface area contributed by atoms with Crippen LogP contribution in [-0.4, -0.2) is 34.6 Å². The van der Waals surface area contributed by atoms with E-state index in [4.69, 9.17) is 4.74 Å². The molecule has 0 radical (unpaired) electrons. The van der Waals surface area contributed by atoms with Crippen molar-refractivity contribution in [2.45, 2.75) is 36.6 Å². The van der Waals surface area contributed by atoms with Crippen molar-refractivity contribution in [1.82, 2.24) is 10.2 Å². The maximum atomic E-state index is 13.1. The van der Waals surface area contributed by atoms with E-state index in [2.05, 4.69) is 5.32 Å². The molecule has 0 bridgehead atoms. The lowest BCUT2D eigenvalue weighted by molar-refractivity contribution is -0.126. The molecule has 6 heteroatoms. The van der Waals surface area contributed by atoms with Gasteiger partial charge in [-0.3, -0.25) is 9.59 Å². The summed E-state index contributed by atoms with van der Waals surface area (Å²) in [6.07, 6.45) is 0. The summed E-state index contributed by atoms with van der Waals surface area (Å²) in [5.74, 6) is 0.604. The van der Waals surface area contributed by atoms with Gasteiger partial charge in [-0.15, -0.1) is 11.8 Å². The van der Waals surface area contributed by atoms with Crippen LogP contribution in [0.25, 0.3) is 0 Å². The van der Waals surface area contributed by atoms with Crippen LogP contribution in [0.5, 0.6) is 5.75 Å². The Morgan fingerprint density at radius 3 is 2.59 bits per heavy atom. The molecule has 2 aromatic carbocycles. The maximum absolute atomic E-state index is 13.1. The summed E-state index contributed by atoms with van der Waals surface area (Å²) in [6, 6.07) is 14.7. The highest BCUT2D eigenvalue weighted by Crippen LogP contribution is 2.56. The highest BCUT2D eigenvalue weighted by atomic mass is 32.2. The van der Waals surface area contributed by atoms with Gasteiger partial charge in [0.25, 0.3) is 5.91 Å². The van der Waals surface area contributed by atoms with Crippen molar-refractivity contribution in [2.75, 3.05) is 7.11 Å². The molecule has 1 N–H and O–H groups in total. The summed E-state index contributed by atoms with van der Waals surface area (Å²) in [4.78, 5) is 27.7. The second-order valence-electron chi connectivity index (χ2n) is 7.34. The summed E-state index contributed by atoms with van der Waals surface area (Å²) in [6.45, 7) is 4.48. The van der Waals surface area contributed by atoms with Crippen molar-refractivity contribution in [3.05, 3.63) is 65.2 Å². The fourth-order valence-electron chi connectivity index (χ4n) is 3.83. The molecule has 2 aliphatic heterocycles. The molecular weight excluding hydrogens is 360 g/mol. The van der Waals surface area contributed by atoms with Gasteiger partial charge in [0.2, 0.25) is 5.91 Å². The maximum Gasteiger partial charge on any atom is 0.256 e. The van der Waals surface area contributed by atoms with Gasteiger partial charge >= 0.3 is 0 Å². The zero-order valence-corrected chi connectivity index (χ0v) is 16.4. The Morgan fingerprint density at radius 2 is 1.89 bits per heavy atom. The van der Waals surface area contributed by atoms with Crippen LogP contribution < -0.4 is 10.1 Å². The van der Waals surface area contributed by atoms with Crippen LogP contribution in [0.1, 0.15) is 40.7 Å². The molecule has 2 atom stereocenters. The Hall–Kier alpha value is -2.47. The molecule has 140 valence electrons. The van der Waals surface area contributed by atoms with E-state index in [1.165, 1.54) is 0 Å². The van der Waals surface area contributed by atoms with Crippen LogP contribution in [0, 0.1) is 0 Å². The predicted octanol–water partition coefficient (Wildman–Crippen LogP) is 3.36. The van der Waals surface area contributed by atoms with E-state index in [1.807, 2.05) is 62.4 Å². The summed E-state index contributed by atoms with van der Waals surface area (Å²) in [7, 11) is 1.62. The monoisotopic (exact) mass is 382 g/mol. The average Bonchev–Trinajstić information content (AvgIpc) is 3.10. The average molecular weight is 382 g/mol. The van der Waals surface area contributed by atoms with Crippen molar-refractivity contribution in [1.29, 1.82) is 0 Å². The van der Waals surface area contributed by atoms with Gasteiger partial charge in [0.15, 0.2) is 0 Å². The Morgan fingerprint density at radius 1 is 1.19 bits per heavy atom. The van der Waals surface area contributed by atoms with Crippen LogP contribution >= 0.6 is 11.8 Å². The number of benzene rings is 2. The first-order valence-electron chi connectivity index (χ1n) is 8.92. The lowest BCUT2D eigenvalue weighted by Crippen LogP contribution is -2.52. The van der Waals surface area contributed by atoms with Crippen molar-refractivity contribution < 1.29 is 14.3 Å². The third-order valence-corrected chi connectivity index (χ3v) is 6.71. The van der Waals surface area contributed by atoms with Gasteiger partial charge < -0.3 is 15.0 Å². The molecule has 2 aromatic rings. The summed E-state index contributed by atoms with van der Waals surface area (Å²) < 4.78 is 4.80. The number of carbonyl (C=O) groups excluding carboxylic acids is 2. The zero-order chi connectivity index (χ0) is 19.2. The molecule has 2 heterocycles. The van der Waals surface area contributed by atoms with Gasteiger partial charge in [-0.1, -0.05) is 30.3 Å². The minimum atomic E-state index is -0.509. The molecule has 1 fully saturated rings. The number of hydrogen-bond donors (Lipinski definition) is 1. The number of ether oxygens (including phenoxy) is 1.